The van der Waals surface area contributed by atoms with Crippen LogP contribution in [0.4, 0.5) is 11.6 Å². The lowest BCUT2D eigenvalue weighted by Gasteiger charge is -2.33. The molecule has 0 unspecified atom stereocenters. The minimum absolute atomic E-state index is 0.241. The fourth-order valence-electron chi connectivity index (χ4n) is 3.47. The van der Waals surface area contributed by atoms with Gasteiger partial charge in [-0.15, -0.1) is 0 Å². The van der Waals surface area contributed by atoms with Gasteiger partial charge >= 0.3 is 0 Å². The minimum Gasteiger partial charge on any atom is -0.451 e. The monoisotopic (exact) mass is 404 g/mol. The average molecular weight is 405 g/mol. The van der Waals surface area contributed by atoms with Crippen molar-refractivity contribution in [2.75, 3.05) is 29.9 Å². The van der Waals surface area contributed by atoms with E-state index in [-0.39, 0.29) is 11.7 Å². The van der Waals surface area contributed by atoms with Crippen molar-refractivity contribution in [2.24, 2.45) is 0 Å². The van der Waals surface area contributed by atoms with E-state index in [1.807, 2.05) is 54.4 Å². The third-order valence-corrected chi connectivity index (χ3v) is 5.34. The number of halogens is 1. The van der Waals surface area contributed by atoms with E-state index in [4.69, 9.17) is 26.0 Å². The molecule has 29 heavy (non-hydrogen) atoms. The number of anilines is 2. The van der Waals surface area contributed by atoms with Crippen LogP contribution in [0.1, 0.15) is 10.6 Å². The summed E-state index contributed by atoms with van der Waals surface area (Å²) < 4.78 is 5.86. The Morgan fingerprint density at radius 1 is 0.931 bits per heavy atom. The molecular formula is C22H17ClN4O2. The van der Waals surface area contributed by atoms with Gasteiger partial charge in [-0.2, -0.15) is 0 Å². The van der Waals surface area contributed by atoms with Gasteiger partial charge in [-0.3, -0.25) is 9.69 Å². The summed E-state index contributed by atoms with van der Waals surface area (Å²) in [5.74, 6) is 1.77. The van der Waals surface area contributed by atoms with Crippen molar-refractivity contribution in [1.82, 2.24) is 9.97 Å². The lowest BCUT2D eigenvalue weighted by Crippen LogP contribution is -2.43. The van der Waals surface area contributed by atoms with Crippen molar-refractivity contribution >= 4 is 40.2 Å². The Kier molecular flexibility index (Phi) is 4.21. The zero-order valence-electron chi connectivity index (χ0n) is 15.7. The van der Waals surface area contributed by atoms with Gasteiger partial charge in [-0.1, -0.05) is 35.9 Å². The number of fused-ring (bicyclic) bond motifs is 2. The fourth-order valence-corrected chi connectivity index (χ4v) is 3.70. The van der Waals surface area contributed by atoms with Crippen molar-refractivity contribution in [3.05, 3.63) is 71.4 Å². The van der Waals surface area contributed by atoms with E-state index in [0.717, 1.165) is 16.6 Å². The van der Waals surface area contributed by atoms with Crippen LogP contribution in [0, 0.1) is 0 Å². The Morgan fingerprint density at radius 2 is 1.62 bits per heavy atom. The van der Waals surface area contributed by atoms with Gasteiger partial charge in [-0.25, -0.2) is 9.97 Å². The Bertz CT molecular complexity index is 1240. The van der Waals surface area contributed by atoms with Crippen molar-refractivity contribution in [3.8, 4) is 11.3 Å². The Morgan fingerprint density at radius 3 is 2.38 bits per heavy atom. The van der Waals surface area contributed by atoms with Gasteiger partial charge in [0.05, 0.1) is 16.1 Å². The molecule has 0 saturated heterocycles. The maximum Gasteiger partial charge on any atom is 0.295 e. The molecule has 1 aliphatic rings. The molecule has 4 aromatic rings. The highest BCUT2D eigenvalue weighted by molar-refractivity contribution is 6.33. The molecule has 144 valence electrons. The van der Waals surface area contributed by atoms with Gasteiger partial charge in [-0.05, 0) is 36.4 Å². The molecule has 0 spiro atoms. The first-order valence-electron chi connectivity index (χ1n) is 9.26. The molecule has 3 heterocycles. The van der Waals surface area contributed by atoms with Gasteiger partial charge in [0.2, 0.25) is 0 Å². The predicted octanol–water partition coefficient (Wildman–Crippen LogP) is 4.64. The van der Waals surface area contributed by atoms with E-state index in [1.165, 1.54) is 0 Å². The summed E-state index contributed by atoms with van der Waals surface area (Å²) in [5, 5.41) is 0.572. The summed E-state index contributed by atoms with van der Waals surface area (Å²) in [7, 11) is 1.95. The lowest BCUT2D eigenvalue weighted by atomic mass is 10.2. The second kappa shape index (κ2) is 6.90. The average Bonchev–Trinajstić information content (AvgIpc) is 3.23. The van der Waals surface area contributed by atoms with Gasteiger partial charge in [0.25, 0.3) is 5.91 Å². The molecule has 0 N–H and O–H groups in total. The normalized spacial score (nSPS) is 13.6. The van der Waals surface area contributed by atoms with Crippen molar-refractivity contribution in [2.45, 2.75) is 0 Å². The summed E-state index contributed by atoms with van der Waals surface area (Å²) in [6, 6.07) is 18.5. The molecular weight excluding hydrogens is 388 g/mol. The number of hydrogen-bond donors (Lipinski definition) is 0. The van der Waals surface area contributed by atoms with Gasteiger partial charge in [0, 0.05) is 25.7 Å². The SMILES string of the molecule is CN1CCN(C(=O)c2ccc(-c3ccccc3Cl)o2)c2nc3ccccc3nc21. The number of rotatable bonds is 2. The zero-order valence-corrected chi connectivity index (χ0v) is 16.4. The van der Waals surface area contributed by atoms with Crippen LogP contribution in [0.2, 0.25) is 5.02 Å². The van der Waals surface area contributed by atoms with Gasteiger partial charge in [0.1, 0.15) is 5.76 Å². The summed E-state index contributed by atoms with van der Waals surface area (Å²) in [4.78, 5) is 26.3. The van der Waals surface area contributed by atoms with Crippen LogP contribution in [0.15, 0.2) is 65.1 Å². The summed E-state index contributed by atoms with van der Waals surface area (Å²) in [5.41, 5.74) is 2.29. The molecule has 0 fully saturated rings. The second-order valence-electron chi connectivity index (χ2n) is 6.88. The third kappa shape index (κ3) is 3.02. The van der Waals surface area contributed by atoms with Crippen LogP contribution in [0.5, 0.6) is 0 Å². The number of para-hydroxylation sites is 2. The number of likely N-dealkylation sites (N-methyl/N-ethyl adjacent to an activating group) is 1. The fraction of sp³-hybridized carbons (Fsp3) is 0.136. The summed E-state index contributed by atoms with van der Waals surface area (Å²) >= 11 is 6.26. The number of benzene rings is 2. The molecule has 7 heteroatoms. The van der Waals surface area contributed by atoms with E-state index in [1.54, 1.807) is 23.1 Å². The Labute approximate surface area is 172 Å². The minimum atomic E-state index is -0.248. The Hall–Kier alpha value is -3.38. The van der Waals surface area contributed by atoms with E-state index >= 15 is 0 Å². The molecule has 0 radical (unpaired) electrons. The first kappa shape index (κ1) is 17.7. The van der Waals surface area contributed by atoms with Crippen LogP contribution in [0.25, 0.3) is 22.4 Å². The molecule has 5 rings (SSSR count). The number of carbonyl (C=O) groups excluding carboxylic acids is 1. The second-order valence-corrected chi connectivity index (χ2v) is 7.29. The number of amides is 1. The first-order chi connectivity index (χ1) is 14.1. The van der Waals surface area contributed by atoms with Gasteiger partial charge < -0.3 is 9.32 Å². The Balaban J connectivity index is 1.54. The maximum absolute atomic E-state index is 13.2. The molecule has 0 atom stereocenters. The molecule has 1 amide bonds. The van der Waals surface area contributed by atoms with E-state index in [2.05, 4.69) is 0 Å². The van der Waals surface area contributed by atoms with Crippen LogP contribution in [-0.2, 0) is 0 Å². The highest BCUT2D eigenvalue weighted by atomic mass is 35.5. The molecule has 1 aliphatic heterocycles. The highest BCUT2D eigenvalue weighted by Crippen LogP contribution is 2.33. The summed E-state index contributed by atoms with van der Waals surface area (Å²) in [6.07, 6.45) is 0. The predicted molar refractivity (Wildman–Crippen MR) is 114 cm³/mol. The van der Waals surface area contributed by atoms with Crippen molar-refractivity contribution in [3.63, 3.8) is 0 Å². The number of aromatic nitrogens is 2. The number of nitrogens with zero attached hydrogens (tertiary/aromatic N) is 4. The first-order valence-corrected chi connectivity index (χ1v) is 9.64. The lowest BCUT2D eigenvalue weighted by molar-refractivity contribution is 0.0960. The summed E-state index contributed by atoms with van der Waals surface area (Å²) in [6.45, 7) is 1.15. The number of carbonyl (C=O) groups is 1. The smallest absolute Gasteiger partial charge is 0.295 e. The topological polar surface area (TPSA) is 62.5 Å². The zero-order chi connectivity index (χ0) is 20.0. The van der Waals surface area contributed by atoms with Crippen LogP contribution < -0.4 is 9.80 Å². The van der Waals surface area contributed by atoms with Crippen LogP contribution >= 0.6 is 11.6 Å². The highest BCUT2D eigenvalue weighted by Gasteiger charge is 2.30. The number of hydrogen-bond acceptors (Lipinski definition) is 5. The van der Waals surface area contributed by atoms with Crippen LogP contribution in [0.3, 0.4) is 0 Å². The quantitative estimate of drug-likeness (QED) is 0.487. The largest absolute Gasteiger partial charge is 0.451 e. The molecule has 0 saturated carbocycles. The maximum atomic E-state index is 13.2. The van der Waals surface area contributed by atoms with E-state index in [9.17, 15) is 4.79 Å². The standard InChI is InChI=1S/C22H17ClN4O2/c1-26-12-13-27(21-20(26)24-16-8-4-5-9-17(16)25-21)22(28)19-11-10-18(29-19)14-6-2-3-7-15(14)23/h2-11H,12-13H2,1H3. The number of furan rings is 1. The third-order valence-electron chi connectivity index (χ3n) is 5.01. The van der Waals surface area contributed by atoms with Crippen LogP contribution in [-0.4, -0.2) is 36.0 Å². The van der Waals surface area contributed by atoms with Crippen molar-refractivity contribution < 1.29 is 9.21 Å². The molecule has 6 nitrogen and oxygen atoms in total. The van der Waals surface area contributed by atoms with Gasteiger partial charge in [0.15, 0.2) is 17.4 Å². The molecule has 0 aliphatic carbocycles. The van der Waals surface area contributed by atoms with E-state index in [0.29, 0.717) is 35.5 Å². The molecule has 2 aromatic carbocycles. The van der Waals surface area contributed by atoms with Crippen molar-refractivity contribution in [1.29, 1.82) is 0 Å². The molecule has 0 bridgehead atoms. The molecule has 2 aromatic heterocycles. The van der Waals surface area contributed by atoms with E-state index < -0.39 is 0 Å².